The van der Waals surface area contributed by atoms with Crippen LogP contribution in [0.1, 0.15) is 31.2 Å². The molecular formula is C16H21NO4. The third-order valence-corrected chi connectivity index (χ3v) is 4.24. The van der Waals surface area contributed by atoms with Crippen LogP contribution in [0, 0.1) is 0 Å². The van der Waals surface area contributed by atoms with Crippen molar-refractivity contribution in [3.63, 3.8) is 0 Å². The highest BCUT2D eigenvalue weighted by atomic mass is 16.7. The highest BCUT2D eigenvalue weighted by Gasteiger charge is 2.27. The number of carbonyl (C=O) groups is 1. The highest BCUT2D eigenvalue weighted by Crippen LogP contribution is 2.33. The Balaban J connectivity index is 1.57. The third-order valence-electron chi connectivity index (χ3n) is 4.24. The Morgan fingerprint density at radius 3 is 2.81 bits per heavy atom. The molecule has 1 aromatic rings. The van der Waals surface area contributed by atoms with E-state index in [0.29, 0.717) is 25.4 Å². The summed E-state index contributed by atoms with van der Waals surface area (Å²) in [4.78, 5) is 14.2. The molecule has 1 aliphatic carbocycles. The first kappa shape index (κ1) is 14.2. The standard InChI is InChI=1S/C16H21NO4/c18-9-8-17(13-2-1-3-13)16(19)7-5-12-4-6-14-15(10-12)21-11-20-14/h4,6,10,13,18H,1-3,5,7-9,11H2. The first-order chi connectivity index (χ1) is 10.3. The molecule has 0 saturated heterocycles. The number of fused-ring (bicyclic) bond motifs is 1. The first-order valence-electron chi connectivity index (χ1n) is 7.57. The fraction of sp³-hybridized carbons (Fsp3) is 0.562. The maximum absolute atomic E-state index is 12.3. The predicted octanol–water partition coefficient (Wildman–Crippen LogP) is 1.72. The van der Waals surface area contributed by atoms with Gasteiger partial charge in [-0.3, -0.25) is 4.79 Å². The molecule has 1 aromatic carbocycles. The Morgan fingerprint density at radius 1 is 1.29 bits per heavy atom. The summed E-state index contributed by atoms with van der Waals surface area (Å²) in [6.07, 6.45) is 4.47. The minimum Gasteiger partial charge on any atom is -0.454 e. The minimum absolute atomic E-state index is 0.0340. The van der Waals surface area contributed by atoms with Crippen molar-refractivity contribution in [1.29, 1.82) is 0 Å². The van der Waals surface area contributed by atoms with E-state index in [4.69, 9.17) is 14.6 Å². The Hall–Kier alpha value is -1.75. The van der Waals surface area contributed by atoms with E-state index >= 15 is 0 Å². The average molecular weight is 291 g/mol. The van der Waals surface area contributed by atoms with E-state index < -0.39 is 0 Å². The molecule has 1 amide bonds. The summed E-state index contributed by atoms with van der Waals surface area (Å²) in [6.45, 7) is 0.751. The van der Waals surface area contributed by atoms with Crippen molar-refractivity contribution in [2.75, 3.05) is 19.9 Å². The van der Waals surface area contributed by atoms with Crippen molar-refractivity contribution in [2.24, 2.45) is 0 Å². The van der Waals surface area contributed by atoms with Crippen LogP contribution < -0.4 is 9.47 Å². The van der Waals surface area contributed by atoms with Crippen LogP contribution in [0.5, 0.6) is 11.5 Å². The van der Waals surface area contributed by atoms with Crippen LogP contribution in [-0.4, -0.2) is 41.9 Å². The lowest BCUT2D eigenvalue weighted by atomic mass is 9.91. The summed E-state index contributed by atoms with van der Waals surface area (Å²) < 4.78 is 10.6. The number of aryl methyl sites for hydroxylation is 1. The van der Waals surface area contributed by atoms with Gasteiger partial charge in [-0.05, 0) is 43.4 Å². The lowest BCUT2D eigenvalue weighted by Gasteiger charge is -2.37. The molecule has 114 valence electrons. The smallest absolute Gasteiger partial charge is 0.231 e. The summed E-state index contributed by atoms with van der Waals surface area (Å²) in [5.41, 5.74) is 1.07. The minimum atomic E-state index is 0.0340. The van der Waals surface area contributed by atoms with Crippen molar-refractivity contribution in [1.82, 2.24) is 4.90 Å². The number of ether oxygens (including phenoxy) is 2. The van der Waals surface area contributed by atoms with Crippen molar-refractivity contribution in [3.05, 3.63) is 23.8 Å². The Kier molecular flexibility index (Phi) is 4.29. The number of hydrogen-bond donors (Lipinski definition) is 1. The summed E-state index contributed by atoms with van der Waals surface area (Å²) in [7, 11) is 0. The van der Waals surface area contributed by atoms with Gasteiger partial charge in [0.05, 0.1) is 6.61 Å². The van der Waals surface area contributed by atoms with Crippen LogP contribution in [0.15, 0.2) is 18.2 Å². The van der Waals surface area contributed by atoms with Gasteiger partial charge in [0.15, 0.2) is 11.5 Å². The zero-order valence-electron chi connectivity index (χ0n) is 12.1. The zero-order valence-corrected chi connectivity index (χ0v) is 12.1. The van der Waals surface area contributed by atoms with Crippen LogP contribution in [-0.2, 0) is 11.2 Å². The lowest BCUT2D eigenvalue weighted by Crippen LogP contribution is -2.45. The molecule has 21 heavy (non-hydrogen) atoms. The molecule has 0 bridgehead atoms. The molecule has 2 aliphatic rings. The largest absolute Gasteiger partial charge is 0.454 e. The van der Waals surface area contributed by atoms with Gasteiger partial charge in [0.2, 0.25) is 12.7 Å². The normalized spacial score (nSPS) is 16.6. The van der Waals surface area contributed by atoms with Gasteiger partial charge in [-0.2, -0.15) is 0 Å². The van der Waals surface area contributed by atoms with Gasteiger partial charge in [-0.1, -0.05) is 6.07 Å². The number of amides is 1. The van der Waals surface area contributed by atoms with Crippen molar-refractivity contribution < 1.29 is 19.4 Å². The van der Waals surface area contributed by atoms with E-state index in [0.717, 1.165) is 29.9 Å². The SMILES string of the molecule is O=C(CCc1ccc2c(c1)OCO2)N(CCO)C1CCC1. The fourth-order valence-corrected chi connectivity index (χ4v) is 2.81. The fourth-order valence-electron chi connectivity index (χ4n) is 2.81. The van der Waals surface area contributed by atoms with Gasteiger partial charge in [0.1, 0.15) is 0 Å². The number of nitrogens with zero attached hydrogens (tertiary/aromatic N) is 1. The van der Waals surface area contributed by atoms with E-state index in [9.17, 15) is 4.79 Å². The number of aliphatic hydroxyl groups is 1. The molecule has 1 N–H and O–H groups in total. The van der Waals surface area contributed by atoms with E-state index in [1.807, 2.05) is 23.1 Å². The predicted molar refractivity (Wildman–Crippen MR) is 77.3 cm³/mol. The van der Waals surface area contributed by atoms with Crippen LogP contribution >= 0.6 is 0 Å². The molecule has 0 atom stereocenters. The molecule has 1 heterocycles. The van der Waals surface area contributed by atoms with Gasteiger partial charge in [0.25, 0.3) is 0 Å². The van der Waals surface area contributed by atoms with Crippen LogP contribution in [0.25, 0.3) is 0 Å². The average Bonchev–Trinajstić information content (AvgIpc) is 2.89. The molecular weight excluding hydrogens is 270 g/mol. The highest BCUT2D eigenvalue weighted by molar-refractivity contribution is 5.77. The molecule has 0 radical (unpaired) electrons. The van der Waals surface area contributed by atoms with E-state index in [-0.39, 0.29) is 19.3 Å². The van der Waals surface area contributed by atoms with Gasteiger partial charge >= 0.3 is 0 Å². The molecule has 1 fully saturated rings. The Morgan fingerprint density at radius 2 is 2.10 bits per heavy atom. The summed E-state index contributed by atoms with van der Waals surface area (Å²) >= 11 is 0. The van der Waals surface area contributed by atoms with E-state index in [2.05, 4.69) is 0 Å². The Labute approximate surface area is 124 Å². The molecule has 5 nitrogen and oxygen atoms in total. The lowest BCUT2D eigenvalue weighted by molar-refractivity contribution is -0.135. The molecule has 0 spiro atoms. The van der Waals surface area contributed by atoms with Crippen LogP contribution in [0.2, 0.25) is 0 Å². The number of aliphatic hydroxyl groups excluding tert-OH is 1. The second kappa shape index (κ2) is 6.35. The van der Waals surface area contributed by atoms with Gasteiger partial charge in [-0.25, -0.2) is 0 Å². The molecule has 0 aromatic heterocycles. The van der Waals surface area contributed by atoms with Crippen molar-refractivity contribution >= 4 is 5.91 Å². The van der Waals surface area contributed by atoms with Crippen LogP contribution in [0.4, 0.5) is 0 Å². The van der Waals surface area contributed by atoms with Crippen LogP contribution in [0.3, 0.4) is 0 Å². The van der Waals surface area contributed by atoms with E-state index in [1.165, 1.54) is 6.42 Å². The second-order valence-corrected chi connectivity index (χ2v) is 5.58. The number of benzene rings is 1. The maximum atomic E-state index is 12.3. The number of rotatable bonds is 6. The van der Waals surface area contributed by atoms with Crippen molar-refractivity contribution in [2.45, 2.75) is 38.1 Å². The molecule has 3 rings (SSSR count). The van der Waals surface area contributed by atoms with Gasteiger partial charge < -0.3 is 19.5 Å². The quantitative estimate of drug-likeness (QED) is 0.867. The molecule has 0 unspecified atom stereocenters. The maximum Gasteiger partial charge on any atom is 0.231 e. The second-order valence-electron chi connectivity index (χ2n) is 5.58. The summed E-state index contributed by atoms with van der Waals surface area (Å²) in [5, 5.41) is 9.12. The topological polar surface area (TPSA) is 59.0 Å². The summed E-state index contributed by atoms with van der Waals surface area (Å²) in [5.74, 6) is 1.65. The third kappa shape index (κ3) is 3.13. The number of carbonyl (C=O) groups excluding carboxylic acids is 1. The number of hydrogen-bond acceptors (Lipinski definition) is 4. The van der Waals surface area contributed by atoms with Gasteiger partial charge in [-0.15, -0.1) is 0 Å². The Bertz CT molecular complexity index is 513. The molecule has 5 heteroatoms. The molecule has 1 aliphatic heterocycles. The van der Waals surface area contributed by atoms with Crippen molar-refractivity contribution in [3.8, 4) is 11.5 Å². The molecule has 1 saturated carbocycles. The zero-order chi connectivity index (χ0) is 14.7. The summed E-state index contributed by atoms with van der Waals surface area (Å²) in [6, 6.07) is 6.14. The van der Waals surface area contributed by atoms with E-state index in [1.54, 1.807) is 0 Å². The monoisotopic (exact) mass is 291 g/mol. The first-order valence-corrected chi connectivity index (χ1v) is 7.57. The van der Waals surface area contributed by atoms with Gasteiger partial charge in [0, 0.05) is 19.0 Å².